The van der Waals surface area contributed by atoms with Crippen LogP contribution in [0.1, 0.15) is 23.7 Å². The van der Waals surface area contributed by atoms with Crippen molar-refractivity contribution in [1.82, 2.24) is 4.98 Å². The zero-order valence-electron chi connectivity index (χ0n) is 13.9. The van der Waals surface area contributed by atoms with Gasteiger partial charge in [-0.25, -0.2) is 4.79 Å². The predicted molar refractivity (Wildman–Crippen MR) is 94.9 cm³/mol. The first-order chi connectivity index (χ1) is 11.6. The van der Waals surface area contributed by atoms with Crippen molar-refractivity contribution >= 4 is 18.4 Å². The van der Waals surface area contributed by atoms with E-state index < -0.39 is 12.1 Å². The van der Waals surface area contributed by atoms with E-state index in [1.807, 2.05) is 12.1 Å². The van der Waals surface area contributed by atoms with E-state index in [0.29, 0.717) is 25.4 Å². The number of aromatic nitrogens is 1. The summed E-state index contributed by atoms with van der Waals surface area (Å²) in [6.07, 6.45) is 1.10. The monoisotopic (exact) mass is 367 g/mol. The maximum Gasteiger partial charge on any atom is 0.333 e. The van der Waals surface area contributed by atoms with Gasteiger partial charge in [0.2, 0.25) is 0 Å². The van der Waals surface area contributed by atoms with Gasteiger partial charge in [0.25, 0.3) is 0 Å². The van der Waals surface area contributed by atoms with Crippen LogP contribution in [-0.2, 0) is 29.2 Å². The second kappa shape index (κ2) is 10.7. The summed E-state index contributed by atoms with van der Waals surface area (Å²) >= 11 is 0. The number of aliphatic carboxylic acids is 1. The molecule has 0 spiro atoms. The van der Waals surface area contributed by atoms with Gasteiger partial charge >= 0.3 is 5.97 Å². The quantitative estimate of drug-likeness (QED) is 0.708. The van der Waals surface area contributed by atoms with Crippen LogP contribution in [0.2, 0.25) is 0 Å². The van der Waals surface area contributed by atoms with Gasteiger partial charge in [-0.1, -0.05) is 12.1 Å². The third-order valence-electron chi connectivity index (χ3n) is 3.44. The van der Waals surface area contributed by atoms with Gasteiger partial charge in [0.05, 0.1) is 12.3 Å². The van der Waals surface area contributed by atoms with Crippen LogP contribution in [0.25, 0.3) is 0 Å². The summed E-state index contributed by atoms with van der Waals surface area (Å²) in [6, 6.07) is 10.7. The highest BCUT2D eigenvalue weighted by Crippen LogP contribution is 2.16. The van der Waals surface area contributed by atoms with Crippen molar-refractivity contribution in [2.24, 2.45) is 0 Å². The summed E-state index contributed by atoms with van der Waals surface area (Å²) in [5, 5.41) is 18.2. The van der Waals surface area contributed by atoms with E-state index in [1.165, 1.54) is 0 Å². The van der Waals surface area contributed by atoms with Crippen molar-refractivity contribution in [1.29, 1.82) is 0 Å². The number of pyridine rings is 1. The number of hydrogen-bond acceptors (Lipinski definition) is 5. The van der Waals surface area contributed by atoms with Crippen LogP contribution in [-0.4, -0.2) is 33.9 Å². The molecule has 0 aliphatic heterocycles. The molecule has 2 rings (SSSR count). The molecular weight excluding hydrogens is 346 g/mol. The Morgan fingerprint density at radius 1 is 1.20 bits per heavy atom. The lowest BCUT2D eigenvalue weighted by atomic mass is 10.1. The van der Waals surface area contributed by atoms with Crippen LogP contribution in [0.5, 0.6) is 5.75 Å². The van der Waals surface area contributed by atoms with Gasteiger partial charge in [-0.05, 0) is 42.3 Å². The molecule has 0 saturated heterocycles. The third kappa shape index (κ3) is 6.70. The van der Waals surface area contributed by atoms with Crippen molar-refractivity contribution in [2.75, 3.05) is 6.61 Å². The zero-order chi connectivity index (χ0) is 17.4. The molecule has 0 unspecified atom stereocenters. The fourth-order valence-electron chi connectivity index (χ4n) is 2.22. The standard InChI is InChI=1S/C18H21NO5.ClH/c1-2-23-17(18(21)22)10-13-3-5-16(6-4-13)24-12-15-9-14(11-20)7-8-19-15;/h3-9,17,20H,2,10-12H2,1H3,(H,21,22);1H/t17-;/m0./s1. The lowest BCUT2D eigenvalue weighted by Crippen LogP contribution is -2.26. The molecule has 0 fully saturated rings. The van der Waals surface area contributed by atoms with Crippen molar-refractivity contribution in [3.05, 3.63) is 59.4 Å². The molecule has 0 radical (unpaired) electrons. The molecule has 1 heterocycles. The number of carbonyl (C=O) groups is 1. The Kier molecular flexibility index (Phi) is 8.91. The van der Waals surface area contributed by atoms with E-state index >= 15 is 0 Å². The van der Waals surface area contributed by atoms with Gasteiger partial charge in [-0.2, -0.15) is 0 Å². The number of rotatable bonds is 9. The van der Waals surface area contributed by atoms with Gasteiger partial charge < -0.3 is 19.7 Å². The first kappa shape index (κ1) is 20.9. The minimum atomic E-state index is -0.966. The summed E-state index contributed by atoms with van der Waals surface area (Å²) in [5.41, 5.74) is 2.38. The topological polar surface area (TPSA) is 88.9 Å². The highest BCUT2D eigenvalue weighted by atomic mass is 35.5. The minimum Gasteiger partial charge on any atom is -0.487 e. The summed E-state index contributed by atoms with van der Waals surface area (Å²) in [5.74, 6) is -0.301. The lowest BCUT2D eigenvalue weighted by Gasteiger charge is -2.13. The van der Waals surface area contributed by atoms with Crippen LogP contribution in [0, 0.1) is 0 Å². The van der Waals surface area contributed by atoms with E-state index in [2.05, 4.69) is 4.98 Å². The van der Waals surface area contributed by atoms with Crippen LogP contribution in [0.15, 0.2) is 42.6 Å². The van der Waals surface area contributed by atoms with Gasteiger partial charge in [-0.15, -0.1) is 12.4 Å². The van der Waals surface area contributed by atoms with Crippen LogP contribution in [0.4, 0.5) is 0 Å². The number of benzene rings is 1. The van der Waals surface area contributed by atoms with E-state index in [-0.39, 0.29) is 19.0 Å². The molecule has 2 aromatic rings. The highest BCUT2D eigenvalue weighted by Gasteiger charge is 2.17. The van der Waals surface area contributed by atoms with Crippen LogP contribution >= 0.6 is 12.4 Å². The fraction of sp³-hybridized carbons (Fsp3) is 0.333. The van der Waals surface area contributed by atoms with E-state index in [0.717, 1.165) is 16.8 Å². The number of hydrogen-bond donors (Lipinski definition) is 2. The Balaban J connectivity index is 0.00000312. The molecule has 2 N–H and O–H groups in total. The lowest BCUT2D eigenvalue weighted by molar-refractivity contribution is -0.149. The average Bonchev–Trinajstić information content (AvgIpc) is 2.61. The molecule has 1 aromatic carbocycles. The highest BCUT2D eigenvalue weighted by molar-refractivity contribution is 5.85. The third-order valence-corrected chi connectivity index (χ3v) is 3.44. The molecule has 7 heteroatoms. The van der Waals surface area contributed by atoms with Crippen LogP contribution in [0.3, 0.4) is 0 Å². The number of carboxylic acids is 1. The van der Waals surface area contributed by atoms with Crippen molar-refractivity contribution in [2.45, 2.75) is 32.7 Å². The molecule has 0 saturated carbocycles. The molecule has 0 aliphatic carbocycles. The zero-order valence-corrected chi connectivity index (χ0v) is 14.7. The summed E-state index contributed by atoms with van der Waals surface area (Å²) < 4.78 is 10.9. The first-order valence-corrected chi connectivity index (χ1v) is 7.73. The smallest absolute Gasteiger partial charge is 0.333 e. The minimum absolute atomic E-state index is 0. The Morgan fingerprint density at radius 3 is 2.52 bits per heavy atom. The van der Waals surface area contributed by atoms with E-state index in [9.17, 15) is 4.79 Å². The summed E-state index contributed by atoms with van der Waals surface area (Å²) in [7, 11) is 0. The molecule has 0 aliphatic rings. The Morgan fingerprint density at radius 2 is 1.92 bits per heavy atom. The first-order valence-electron chi connectivity index (χ1n) is 7.73. The maximum atomic E-state index is 11.1. The second-order valence-electron chi connectivity index (χ2n) is 5.23. The normalized spacial score (nSPS) is 11.4. The van der Waals surface area contributed by atoms with Gasteiger partial charge in [0.15, 0.2) is 6.10 Å². The van der Waals surface area contributed by atoms with Gasteiger partial charge in [0.1, 0.15) is 12.4 Å². The SMILES string of the molecule is CCO[C@@H](Cc1ccc(OCc2cc(CO)ccn2)cc1)C(=O)O.Cl. The second-order valence-corrected chi connectivity index (χ2v) is 5.23. The number of ether oxygens (including phenoxy) is 2. The summed E-state index contributed by atoms with van der Waals surface area (Å²) in [6.45, 7) is 2.39. The number of halogens is 1. The fourth-order valence-corrected chi connectivity index (χ4v) is 2.22. The number of nitrogens with zero attached hydrogens (tertiary/aromatic N) is 1. The Hall–Kier alpha value is -2.15. The van der Waals surface area contributed by atoms with Crippen LogP contribution < -0.4 is 4.74 Å². The van der Waals surface area contributed by atoms with Gasteiger partial charge in [0, 0.05) is 19.2 Å². The predicted octanol–water partition coefficient (Wildman–Crippen LogP) is 2.61. The van der Waals surface area contributed by atoms with Crippen molar-refractivity contribution in [3.8, 4) is 5.75 Å². The number of carboxylic acid groups (broad SMARTS) is 1. The van der Waals surface area contributed by atoms with E-state index in [1.54, 1.807) is 37.4 Å². The molecule has 0 amide bonds. The number of aliphatic hydroxyl groups is 1. The Bertz CT molecular complexity index is 663. The molecule has 25 heavy (non-hydrogen) atoms. The molecule has 136 valence electrons. The summed E-state index contributed by atoms with van der Waals surface area (Å²) in [4.78, 5) is 15.3. The molecule has 1 aromatic heterocycles. The maximum absolute atomic E-state index is 11.1. The molecule has 6 nitrogen and oxygen atoms in total. The molecule has 1 atom stereocenters. The molecule has 0 bridgehead atoms. The largest absolute Gasteiger partial charge is 0.487 e. The van der Waals surface area contributed by atoms with Crippen molar-refractivity contribution < 1.29 is 24.5 Å². The molecular formula is C18H22ClNO5. The number of aliphatic hydroxyl groups excluding tert-OH is 1. The Labute approximate surface area is 152 Å². The average molecular weight is 368 g/mol. The van der Waals surface area contributed by atoms with E-state index in [4.69, 9.17) is 19.7 Å². The van der Waals surface area contributed by atoms with Gasteiger partial charge in [-0.3, -0.25) is 4.98 Å². The van der Waals surface area contributed by atoms with Crippen molar-refractivity contribution in [3.63, 3.8) is 0 Å².